The summed E-state index contributed by atoms with van der Waals surface area (Å²) in [4.78, 5) is 16.2. The average Bonchev–Trinajstić information content (AvgIpc) is 3.55. The summed E-state index contributed by atoms with van der Waals surface area (Å²) < 4.78 is 17.5. The lowest BCUT2D eigenvalue weighted by atomic mass is 9.91. The van der Waals surface area contributed by atoms with E-state index in [1.165, 1.54) is 0 Å². The van der Waals surface area contributed by atoms with Gasteiger partial charge in [-0.1, -0.05) is 18.2 Å². The number of aromatic nitrogens is 4. The molecule has 184 valence electrons. The third-order valence-electron chi connectivity index (χ3n) is 5.67. The van der Waals surface area contributed by atoms with Crippen molar-refractivity contribution >= 4 is 12.0 Å². The molecule has 2 aromatic rings. The first-order chi connectivity index (χ1) is 17.1. The Morgan fingerprint density at radius 1 is 1.26 bits per heavy atom. The van der Waals surface area contributed by atoms with Gasteiger partial charge in [0.2, 0.25) is 0 Å². The van der Waals surface area contributed by atoms with Gasteiger partial charge in [0.05, 0.1) is 25.5 Å². The van der Waals surface area contributed by atoms with E-state index in [2.05, 4.69) is 44.2 Å². The molecule has 3 heterocycles. The fourth-order valence-corrected chi connectivity index (χ4v) is 3.90. The van der Waals surface area contributed by atoms with Crippen LogP contribution < -0.4 is 10.7 Å². The van der Waals surface area contributed by atoms with Crippen molar-refractivity contribution in [3.8, 4) is 11.5 Å². The molecule has 2 atom stereocenters. The number of fused-ring (bicyclic) bond motifs is 1. The van der Waals surface area contributed by atoms with E-state index >= 15 is 0 Å². The van der Waals surface area contributed by atoms with Crippen molar-refractivity contribution in [1.82, 2.24) is 25.2 Å². The molecule has 35 heavy (non-hydrogen) atoms. The minimum Gasteiger partial charge on any atom is -0.499 e. The SMILES string of the molecule is COC/C=C(\C=C(/COC)OC)C(=O)NC1=CC(C2C=Cc3nnc(-c4ccc[nH]4)n3N2)CC=C1. The summed E-state index contributed by atoms with van der Waals surface area (Å²) in [6, 6.07) is 3.87. The molecule has 0 bridgehead atoms. The van der Waals surface area contributed by atoms with Gasteiger partial charge in [-0.3, -0.25) is 4.79 Å². The average molecular weight is 479 g/mol. The number of hydrogen-bond acceptors (Lipinski definition) is 7. The third-order valence-corrected chi connectivity index (χ3v) is 5.67. The largest absolute Gasteiger partial charge is 0.499 e. The summed E-state index contributed by atoms with van der Waals surface area (Å²) >= 11 is 0. The number of nitrogens with one attached hydrogen (secondary N) is 3. The molecule has 0 saturated carbocycles. The third kappa shape index (κ3) is 5.79. The van der Waals surface area contributed by atoms with E-state index < -0.39 is 0 Å². The Hall–Kier alpha value is -3.89. The fourth-order valence-electron chi connectivity index (χ4n) is 3.90. The Morgan fingerprint density at radius 3 is 2.89 bits per heavy atom. The van der Waals surface area contributed by atoms with Crippen molar-refractivity contribution in [2.75, 3.05) is 40.0 Å². The molecule has 0 radical (unpaired) electrons. The molecule has 2 unspecified atom stereocenters. The van der Waals surface area contributed by atoms with Gasteiger partial charge in [-0.15, -0.1) is 10.2 Å². The van der Waals surface area contributed by atoms with Gasteiger partial charge in [0, 0.05) is 37.6 Å². The molecule has 1 aliphatic heterocycles. The number of aromatic amines is 1. The van der Waals surface area contributed by atoms with Gasteiger partial charge in [-0.05, 0) is 42.9 Å². The van der Waals surface area contributed by atoms with Crippen molar-refractivity contribution in [2.45, 2.75) is 12.5 Å². The van der Waals surface area contributed by atoms with E-state index in [1.54, 1.807) is 33.5 Å². The first-order valence-corrected chi connectivity index (χ1v) is 11.3. The van der Waals surface area contributed by atoms with Crippen LogP contribution in [0.15, 0.2) is 71.8 Å². The first-order valence-electron chi connectivity index (χ1n) is 11.3. The zero-order valence-corrected chi connectivity index (χ0v) is 20.0. The Bertz CT molecular complexity index is 1170. The van der Waals surface area contributed by atoms with Crippen LogP contribution in [0.3, 0.4) is 0 Å². The highest BCUT2D eigenvalue weighted by atomic mass is 16.5. The van der Waals surface area contributed by atoms with Crippen LogP contribution in [-0.4, -0.2) is 66.3 Å². The van der Waals surface area contributed by atoms with Crippen LogP contribution >= 0.6 is 0 Å². The highest BCUT2D eigenvalue weighted by Crippen LogP contribution is 2.26. The van der Waals surface area contributed by atoms with Crippen LogP contribution in [0, 0.1) is 5.92 Å². The molecule has 4 rings (SSSR count). The fraction of sp³-hybridized carbons (Fsp3) is 0.320. The molecule has 0 spiro atoms. The number of rotatable bonds is 10. The van der Waals surface area contributed by atoms with Crippen LogP contribution in [0.2, 0.25) is 0 Å². The quantitative estimate of drug-likeness (QED) is 0.273. The molecule has 0 fully saturated rings. The van der Waals surface area contributed by atoms with Crippen LogP contribution in [0.5, 0.6) is 0 Å². The standard InChI is InChI=1S/C25H30N6O4/c1-33-13-11-18(15-20(35-3)16-34-2)25(32)27-19-7-4-6-17(14-19)21-9-10-23-28-29-24(31(23)30-21)22-8-5-12-26-22/h4-5,7-12,14-15,17,21,26,30H,6,13,16H2,1-3H3,(H,27,32)/b18-11+,20-15+. The number of methoxy groups -OCH3 is 3. The smallest absolute Gasteiger partial charge is 0.255 e. The number of carbonyl (C=O) groups is 1. The molecule has 10 heteroatoms. The molecule has 2 aromatic heterocycles. The second-order valence-corrected chi connectivity index (χ2v) is 8.06. The van der Waals surface area contributed by atoms with E-state index in [9.17, 15) is 4.79 Å². The van der Waals surface area contributed by atoms with E-state index in [0.717, 1.165) is 23.6 Å². The summed E-state index contributed by atoms with van der Waals surface area (Å²) in [6.07, 6.45) is 16.1. The monoisotopic (exact) mass is 478 g/mol. The minimum absolute atomic E-state index is 0.00531. The molecule has 0 aromatic carbocycles. The maximum Gasteiger partial charge on any atom is 0.255 e. The highest BCUT2D eigenvalue weighted by molar-refractivity contribution is 5.97. The summed E-state index contributed by atoms with van der Waals surface area (Å²) in [5.74, 6) is 1.85. The molecule has 3 N–H and O–H groups in total. The van der Waals surface area contributed by atoms with Crippen LogP contribution in [0.25, 0.3) is 17.6 Å². The molecular formula is C25H30N6O4. The van der Waals surface area contributed by atoms with Crippen molar-refractivity contribution in [3.05, 3.63) is 77.6 Å². The molecule has 10 nitrogen and oxygen atoms in total. The van der Waals surface area contributed by atoms with Gasteiger partial charge < -0.3 is 29.9 Å². The predicted octanol–water partition coefficient (Wildman–Crippen LogP) is 2.54. The van der Waals surface area contributed by atoms with Gasteiger partial charge in [-0.25, -0.2) is 4.68 Å². The van der Waals surface area contributed by atoms with Crippen molar-refractivity contribution in [1.29, 1.82) is 0 Å². The molecule has 0 saturated heterocycles. The second-order valence-electron chi connectivity index (χ2n) is 8.06. The number of allylic oxidation sites excluding steroid dienone is 2. The summed E-state index contributed by atoms with van der Waals surface area (Å²) in [7, 11) is 4.69. The summed E-state index contributed by atoms with van der Waals surface area (Å²) in [5, 5.41) is 11.6. The Kier molecular flexibility index (Phi) is 7.96. The van der Waals surface area contributed by atoms with Crippen molar-refractivity contribution < 1.29 is 19.0 Å². The second kappa shape index (κ2) is 11.5. The van der Waals surface area contributed by atoms with Crippen LogP contribution in [0.1, 0.15) is 12.2 Å². The molecule has 1 aliphatic carbocycles. The number of nitrogens with zero attached hydrogens (tertiary/aromatic N) is 3. The van der Waals surface area contributed by atoms with E-state index in [0.29, 0.717) is 23.8 Å². The van der Waals surface area contributed by atoms with Crippen LogP contribution in [0.4, 0.5) is 0 Å². The number of amides is 1. The van der Waals surface area contributed by atoms with E-state index in [4.69, 9.17) is 14.2 Å². The number of hydrogen-bond donors (Lipinski definition) is 3. The lowest BCUT2D eigenvalue weighted by Gasteiger charge is -2.29. The molecular weight excluding hydrogens is 448 g/mol. The summed E-state index contributed by atoms with van der Waals surface area (Å²) in [6.45, 7) is 0.552. The topological polar surface area (TPSA) is 115 Å². The van der Waals surface area contributed by atoms with E-state index in [1.807, 2.05) is 35.2 Å². The first kappa shape index (κ1) is 24.2. The van der Waals surface area contributed by atoms with Crippen molar-refractivity contribution in [3.63, 3.8) is 0 Å². The van der Waals surface area contributed by atoms with Gasteiger partial charge in [-0.2, -0.15) is 0 Å². The van der Waals surface area contributed by atoms with Gasteiger partial charge >= 0.3 is 0 Å². The van der Waals surface area contributed by atoms with Gasteiger partial charge in [0.15, 0.2) is 11.6 Å². The number of carbonyl (C=O) groups excluding carboxylic acids is 1. The Labute approximate surface area is 204 Å². The van der Waals surface area contributed by atoms with Gasteiger partial charge in [0.25, 0.3) is 5.91 Å². The molecule has 2 aliphatic rings. The number of H-pyrrole nitrogens is 1. The Balaban J connectivity index is 1.48. The minimum atomic E-state index is -0.258. The van der Waals surface area contributed by atoms with E-state index in [-0.39, 0.29) is 24.5 Å². The summed E-state index contributed by atoms with van der Waals surface area (Å²) in [5.41, 5.74) is 5.53. The number of ether oxygens (including phenoxy) is 3. The zero-order chi connectivity index (χ0) is 24.6. The lowest BCUT2D eigenvalue weighted by molar-refractivity contribution is -0.116. The lowest BCUT2D eigenvalue weighted by Crippen LogP contribution is -2.37. The maximum atomic E-state index is 13.1. The highest BCUT2D eigenvalue weighted by Gasteiger charge is 2.25. The van der Waals surface area contributed by atoms with Crippen molar-refractivity contribution in [2.24, 2.45) is 5.92 Å². The van der Waals surface area contributed by atoms with Gasteiger partial charge in [0.1, 0.15) is 12.4 Å². The maximum absolute atomic E-state index is 13.1. The van der Waals surface area contributed by atoms with Crippen LogP contribution in [-0.2, 0) is 19.0 Å². The zero-order valence-electron chi connectivity index (χ0n) is 20.0. The normalized spacial score (nSPS) is 19.7. The molecule has 1 amide bonds. The predicted molar refractivity (Wildman–Crippen MR) is 132 cm³/mol. The Morgan fingerprint density at radius 2 is 2.14 bits per heavy atom.